The molecule has 3 aromatic rings. The standard InChI is InChI=1S/C22H22FN3O2S/c23-17-6-8-18(9-7-17)26-19(14-24-22(26)29)21(28)25-12-10-16(11-13-25)20(27)15-4-2-1-3-5-15/h1-9,14,16,20,27H,10-13H2,(H,24,29)/t20-/m1/s1. The van der Waals surface area contributed by atoms with Gasteiger partial charge in [-0.2, -0.15) is 0 Å². The first-order chi connectivity index (χ1) is 14.0. The zero-order valence-corrected chi connectivity index (χ0v) is 16.6. The normalized spacial score (nSPS) is 16.0. The van der Waals surface area contributed by atoms with Crippen LogP contribution in [0.2, 0.25) is 0 Å². The van der Waals surface area contributed by atoms with Crippen molar-refractivity contribution in [3.05, 3.63) is 82.6 Å². The number of piperidine rings is 1. The van der Waals surface area contributed by atoms with Crippen molar-refractivity contribution in [2.45, 2.75) is 18.9 Å². The van der Waals surface area contributed by atoms with Crippen molar-refractivity contribution < 1.29 is 14.3 Å². The monoisotopic (exact) mass is 411 g/mol. The van der Waals surface area contributed by atoms with E-state index in [0.717, 1.165) is 18.4 Å². The molecule has 0 saturated carbocycles. The number of aliphatic hydroxyl groups excluding tert-OH is 1. The zero-order valence-electron chi connectivity index (χ0n) is 15.8. The summed E-state index contributed by atoms with van der Waals surface area (Å²) in [6.45, 7) is 1.13. The van der Waals surface area contributed by atoms with Crippen LogP contribution >= 0.6 is 12.2 Å². The van der Waals surface area contributed by atoms with Crippen LogP contribution in [0.4, 0.5) is 4.39 Å². The third kappa shape index (κ3) is 4.02. The van der Waals surface area contributed by atoms with Gasteiger partial charge in [0.15, 0.2) is 4.77 Å². The highest BCUT2D eigenvalue weighted by atomic mass is 32.1. The summed E-state index contributed by atoms with van der Waals surface area (Å²) in [5, 5.41) is 10.6. The van der Waals surface area contributed by atoms with Gasteiger partial charge in [0.1, 0.15) is 11.5 Å². The van der Waals surface area contributed by atoms with E-state index < -0.39 is 6.10 Å². The Morgan fingerprint density at radius 2 is 1.76 bits per heavy atom. The second-order valence-electron chi connectivity index (χ2n) is 7.28. The number of carbonyl (C=O) groups is 1. The number of benzene rings is 2. The van der Waals surface area contributed by atoms with Gasteiger partial charge in [0.05, 0.1) is 6.10 Å². The van der Waals surface area contributed by atoms with Crippen LogP contribution in [0.25, 0.3) is 5.69 Å². The quantitative estimate of drug-likeness (QED) is 0.631. The van der Waals surface area contributed by atoms with Gasteiger partial charge >= 0.3 is 0 Å². The Labute approximate surface area is 173 Å². The molecule has 1 aliphatic rings. The summed E-state index contributed by atoms with van der Waals surface area (Å²) in [7, 11) is 0. The number of aliphatic hydroxyl groups is 1. The molecule has 7 heteroatoms. The summed E-state index contributed by atoms with van der Waals surface area (Å²) in [4.78, 5) is 17.8. The Morgan fingerprint density at radius 1 is 1.10 bits per heavy atom. The molecule has 1 amide bonds. The molecule has 0 unspecified atom stereocenters. The van der Waals surface area contributed by atoms with Gasteiger partial charge < -0.3 is 15.0 Å². The SMILES string of the molecule is O=C(c1c[nH]c(=S)n1-c1ccc(F)cc1)N1CCC([C@H](O)c2ccccc2)CC1. The van der Waals surface area contributed by atoms with Crippen molar-refractivity contribution >= 4 is 18.1 Å². The Balaban J connectivity index is 1.48. The maximum absolute atomic E-state index is 13.3. The average Bonchev–Trinajstić information content (AvgIpc) is 3.15. The highest BCUT2D eigenvalue weighted by Gasteiger charge is 2.30. The van der Waals surface area contributed by atoms with Crippen LogP contribution in [-0.4, -0.2) is 38.6 Å². The van der Waals surface area contributed by atoms with E-state index in [-0.39, 0.29) is 17.6 Å². The summed E-state index contributed by atoms with van der Waals surface area (Å²) in [6.07, 6.45) is 2.52. The molecule has 1 atom stereocenters. The first kappa shape index (κ1) is 19.5. The second-order valence-corrected chi connectivity index (χ2v) is 7.66. The fourth-order valence-corrected chi connectivity index (χ4v) is 4.14. The number of H-pyrrole nitrogens is 1. The van der Waals surface area contributed by atoms with Gasteiger partial charge in [-0.1, -0.05) is 30.3 Å². The largest absolute Gasteiger partial charge is 0.388 e. The lowest BCUT2D eigenvalue weighted by Gasteiger charge is -2.34. The minimum atomic E-state index is -0.524. The van der Waals surface area contributed by atoms with Crippen LogP contribution in [0, 0.1) is 16.5 Å². The Bertz CT molecular complexity index is 1040. The van der Waals surface area contributed by atoms with Crippen LogP contribution in [0.3, 0.4) is 0 Å². The molecule has 1 aliphatic heterocycles. The number of amides is 1. The fraction of sp³-hybridized carbons (Fsp3) is 0.273. The highest BCUT2D eigenvalue weighted by molar-refractivity contribution is 7.71. The van der Waals surface area contributed by atoms with Crippen molar-refractivity contribution in [3.8, 4) is 5.69 Å². The van der Waals surface area contributed by atoms with Gasteiger partial charge in [0.2, 0.25) is 0 Å². The molecule has 0 spiro atoms. The Kier molecular flexibility index (Phi) is 5.60. The number of rotatable bonds is 4. The minimum absolute atomic E-state index is 0.117. The average molecular weight is 412 g/mol. The van der Waals surface area contributed by atoms with E-state index >= 15 is 0 Å². The molecule has 0 radical (unpaired) electrons. The molecule has 0 bridgehead atoms. The Morgan fingerprint density at radius 3 is 2.41 bits per heavy atom. The number of carbonyl (C=O) groups excluding carboxylic acids is 1. The van der Waals surface area contributed by atoms with Crippen LogP contribution in [0.5, 0.6) is 0 Å². The maximum Gasteiger partial charge on any atom is 0.272 e. The molecule has 29 heavy (non-hydrogen) atoms. The van der Waals surface area contributed by atoms with Gasteiger partial charge in [-0.15, -0.1) is 0 Å². The van der Waals surface area contributed by atoms with Gasteiger partial charge in [0, 0.05) is 25.0 Å². The third-order valence-electron chi connectivity index (χ3n) is 5.49. The summed E-state index contributed by atoms with van der Waals surface area (Å²) >= 11 is 5.33. The molecule has 2 aromatic carbocycles. The van der Waals surface area contributed by atoms with Crippen LogP contribution in [0.1, 0.15) is 35.0 Å². The van der Waals surface area contributed by atoms with Crippen LogP contribution in [-0.2, 0) is 0 Å². The molecule has 1 aromatic heterocycles. The van der Waals surface area contributed by atoms with Crippen molar-refractivity contribution in [1.82, 2.24) is 14.5 Å². The van der Waals surface area contributed by atoms with Crippen molar-refractivity contribution in [3.63, 3.8) is 0 Å². The minimum Gasteiger partial charge on any atom is -0.388 e. The van der Waals surface area contributed by atoms with E-state index in [1.54, 1.807) is 27.8 Å². The van der Waals surface area contributed by atoms with Crippen LogP contribution in [0.15, 0.2) is 60.8 Å². The molecule has 2 N–H and O–H groups in total. The lowest BCUT2D eigenvalue weighted by Crippen LogP contribution is -2.40. The molecule has 1 saturated heterocycles. The van der Waals surface area contributed by atoms with Gasteiger partial charge in [-0.25, -0.2) is 4.39 Å². The summed E-state index contributed by atoms with van der Waals surface area (Å²) < 4.78 is 15.3. The Hall–Kier alpha value is -2.77. The maximum atomic E-state index is 13.3. The molecular weight excluding hydrogens is 389 g/mol. The number of imidazole rings is 1. The van der Waals surface area contributed by atoms with Crippen molar-refractivity contribution in [2.24, 2.45) is 5.92 Å². The molecular formula is C22H22FN3O2S. The predicted molar refractivity (Wildman–Crippen MR) is 111 cm³/mol. The molecule has 1 fully saturated rings. The van der Waals surface area contributed by atoms with Gasteiger partial charge in [0.25, 0.3) is 5.91 Å². The predicted octanol–water partition coefficient (Wildman–Crippen LogP) is 4.26. The fourth-order valence-electron chi connectivity index (χ4n) is 3.88. The van der Waals surface area contributed by atoms with Crippen molar-refractivity contribution in [1.29, 1.82) is 0 Å². The van der Waals surface area contributed by atoms with E-state index in [9.17, 15) is 14.3 Å². The molecule has 5 nitrogen and oxygen atoms in total. The lowest BCUT2D eigenvalue weighted by molar-refractivity contribution is 0.0457. The lowest BCUT2D eigenvalue weighted by atomic mass is 9.87. The number of aromatic amines is 1. The third-order valence-corrected chi connectivity index (χ3v) is 5.80. The van der Waals surface area contributed by atoms with Gasteiger partial charge in [-0.05, 0) is 60.8 Å². The number of likely N-dealkylation sites (tertiary alicyclic amines) is 1. The molecule has 150 valence electrons. The summed E-state index contributed by atoms with van der Waals surface area (Å²) in [5.41, 5.74) is 1.96. The van der Waals surface area contributed by atoms with E-state index in [4.69, 9.17) is 12.2 Å². The van der Waals surface area contributed by atoms with Crippen molar-refractivity contribution in [2.75, 3.05) is 13.1 Å². The smallest absolute Gasteiger partial charge is 0.272 e. The summed E-state index contributed by atoms with van der Waals surface area (Å²) in [5.74, 6) is -0.358. The molecule has 4 rings (SSSR count). The van der Waals surface area contributed by atoms with Crippen LogP contribution < -0.4 is 0 Å². The van der Waals surface area contributed by atoms with E-state index in [1.165, 1.54) is 12.1 Å². The second kappa shape index (κ2) is 8.31. The summed E-state index contributed by atoms with van der Waals surface area (Å²) in [6, 6.07) is 15.5. The van der Waals surface area contributed by atoms with E-state index in [1.807, 2.05) is 30.3 Å². The number of aromatic nitrogens is 2. The van der Waals surface area contributed by atoms with E-state index in [0.29, 0.717) is 29.2 Å². The topological polar surface area (TPSA) is 61.3 Å². The zero-order chi connectivity index (χ0) is 20.4. The number of halogens is 1. The highest BCUT2D eigenvalue weighted by Crippen LogP contribution is 2.31. The van der Waals surface area contributed by atoms with E-state index in [2.05, 4.69) is 4.98 Å². The number of nitrogens with zero attached hydrogens (tertiary/aromatic N) is 2. The first-order valence-corrected chi connectivity index (χ1v) is 10.0. The molecule has 0 aliphatic carbocycles. The number of hydrogen-bond donors (Lipinski definition) is 2. The molecule has 2 heterocycles. The van der Waals surface area contributed by atoms with Gasteiger partial charge in [-0.3, -0.25) is 9.36 Å². The number of hydrogen-bond acceptors (Lipinski definition) is 3. The first-order valence-electron chi connectivity index (χ1n) is 9.63. The number of nitrogens with one attached hydrogen (secondary N) is 1.